The number of hydrogen-bond acceptors (Lipinski definition) is 1. The zero-order valence-corrected chi connectivity index (χ0v) is 5.31. The maximum Gasteiger partial charge on any atom is 0.0683 e. The number of hydrogen-bond donors (Lipinski definition) is 0. The first-order valence-electron chi connectivity index (χ1n) is 3.46. The summed E-state index contributed by atoms with van der Waals surface area (Å²) in [5, 5.41) is 0. The van der Waals surface area contributed by atoms with Crippen LogP contribution in [-0.4, -0.2) is 11.7 Å². The van der Waals surface area contributed by atoms with Crippen molar-refractivity contribution in [2.75, 3.05) is 0 Å². The van der Waals surface area contributed by atoms with E-state index in [0.29, 0.717) is 11.7 Å². The molecule has 3 aliphatic rings. The minimum absolute atomic E-state index is 0.322. The van der Waals surface area contributed by atoms with E-state index in [1.54, 1.807) is 0 Å². The van der Waals surface area contributed by atoms with Gasteiger partial charge < -0.3 is 4.74 Å². The van der Waals surface area contributed by atoms with E-state index in [-0.39, 0.29) is 0 Å². The summed E-state index contributed by atoms with van der Waals surface area (Å²) in [7, 11) is 0. The molecule has 2 atom stereocenters. The molecule has 8 heavy (non-hydrogen) atoms. The van der Waals surface area contributed by atoms with Crippen LogP contribution in [0.4, 0.5) is 0 Å². The van der Waals surface area contributed by atoms with Gasteiger partial charge in [0.05, 0.1) is 11.7 Å². The highest BCUT2D eigenvalue weighted by atomic mass is 16.5. The monoisotopic (exact) mass is 112 g/mol. The Morgan fingerprint density at radius 2 is 2.38 bits per heavy atom. The van der Waals surface area contributed by atoms with Crippen LogP contribution >= 0.6 is 0 Å². The van der Waals surface area contributed by atoms with Gasteiger partial charge in [0, 0.05) is 6.42 Å². The first kappa shape index (κ1) is 4.80. The van der Waals surface area contributed by atoms with Crippen LogP contribution in [-0.2, 0) is 4.74 Å². The van der Waals surface area contributed by atoms with Gasteiger partial charge in [0.25, 0.3) is 0 Å². The third-order valence-corrected chi connectivity index (χ3v) is 2.34. The predicted molar refractivity (Wildman–Crippen MR) is 31.7 cm³/mol. The van der Waals surface area contributed by atoms with Crippen LogP contribution in [0.3, 0.4) is 0 Å². The fourth-order valence-electron chi connectivity index (χ4n) is 1.90. The van der Waals surface area contributed by atoms with Crippen molar-refractivity contribution in [3.05, 3.63) is 0 Å². The average molecular weight is 112 g/mol. The summed E-state index contributed by atoms with van der Waals surface area (Å²) in [4.78, 5) is 0. The van der Waals surface area contributed by atoms with Gasteiger partial charge in [-0.25, -0.2) is 0 Å². The van der Waals surface area contributed by atoms with Crippen LogP contribution in [0.15, 0.2) is 0 Å². The SMILES string of the molecule is CC12CCCC(C1)O2. The molecule has 1 aliphatic carbocycles. The third-order valence-electron chi connectivity index (χ3n) is 2.34. The summed E-state index contributed by atoms with van der Waals surface area (Å²) < 4.78 is 5.56. The summed E-state index contributed by atoms with van der Waals surface area (Å²) in [5.74, 6) is 0. The van der Waals surface area contributed by atoms with Gasteiger partial charge in [-0.05, 0) is 26.2 Å². The Morgan fingerprint density at radius 1 is 1.62 bits per heavy atom. The van der Waals surface area contributed by atoms with Crippen LogP contribution < -0.4 is 0 Å². The summed E-state index contributed by atoms with van der Waals surface area (Å²) in [6.45, 7) is 2.22. The lowest BCUT2D eigenvalue weighted by molar-refractivity contribution is -0.224. The standard InChI is InChI=1S/C7H12O/c1-7-4-2-3-6(5-7)8-7/h6H,2-5H2,1H3. The van der Waals surface area contributed by atoms with Crippen molar-refractivity contribution < 1.29 is 4.74 Å². The van der Waals surface area contributed by atoms with Crippen molar-refractivity contribution in [2.24, 2.45) is 0 Å². The van der Waals surface area contributed by atoms with Crippen molar-refractivity contribution in [1.82, 2.24) is 0 Å². The van der Waals surface area contributed by atoms with E-state index >= 15 is 0 Å². The largest absolute Gasteiger partial charge is 0.372 e. The van der Waals surface area contributed by atoms with E-state index in [4.69, 9.17) is 4.74 Å². The molecule has 1 nitrogen and oxygen atoms in total. The summed E-state index contributed by atoms with van der Waals surface area (Å²) in [6.07, 6.45) is 5.97. The van der Waals surface area contributed by atoms with Crippen molar-refractivity contribution in [3.63, 3.8) is 0 Å². The van der Waals surface area contributed by atoms with Crippen molar-refractivity contribution >= 4 is 0 Å². The van der Waals surface area contributed by atoms with E-state index in [1.807, 2.05) is 0 Å². The molecular formula is C7H12O. The number of fused-ring (bicyclic) bond motifs is 2. The van der Waals surface area contributed by atoms with Gasteiger partial charge in [-0.3, -0.25) is 0 Å². The Morgan fingerprint density at radius 3 is 2.62 bits per heavy atom. The van der Waals surface area contributed by atoms with Gasteiger partial charge in [0.15, 0.2) is 0 Å². The van der Waals surface area contributed by atoms with E-state index < -0.39 is 0 Å². The Bertz CT molecular complexity index is 97.4. The molecule has 2 heterocycles. The molecule has 0 radical (unpaired) electrons. The fraction of sp³-hybridized carbons (Fsp3) is 1.00. The molecule has 3 fully saturated rings. The molecule has 0 N–H and O–H groups in total. The molecule has 2 aliphatic heterocycles. The van der Waals surface area contributed by atoms with Gasteiger partial charge in [0.2, 0.25) is 0 Å². The Kier molecular flexibility index (Phi) is 0.762. The molecule has 3 rings (SSSR count). The lowest BCUT2D eigenvalue weighted by Crippen LogP contribution is -2.51. The molecular weight excluding hydrogens is 100 g/mol. The Hall–Kier alpha value is -0.0400. The minimum atomic E-state index is 0.322. The third kappa shape index (κ3) is 0.510. The zero-order valence-electron chi connectivity index (χ0n) is 5.31. The summed E-state index contributed by atoms with van der Waals surface area (Å²) in [6, 6.07) is 0. The van der Waals surface area contributed by atoms with E-state index in [9.17, 15) is 0 Å². The zero-order chi connectivity index (χ0) is 5.61. The second kappa shape index (κ2) is 1.27. The molecule has 1 saturated carbocycles. The number of rotatable bonds is 0. The van der Waals surface area contributed by atoms with Gasteiger partial charge >= 0.3 is 0 Å². The van der Waals surface area contributed by atoms with E-state index in [1.165, 1.54) is 25.7 Å². The predicted octanol–water partition coefficient (Wildman–Crippen LogP) is 1.72. The molecule has 2 unspecified atom stereocenters. The maximum atomic E-state index is 5.56. The number of ether oxygens (including phenoxy) is 1. The highest BCUT2D eigenvalue weighted by molar-refractivity contribution is 4.93. The summed E-state index contributed by atoms with van der Waals surface area (Å²) >= 11 is 0. The quantitative estimate of drug-likeness (QED) is 0.463. The van der Waals surface area contributed by atoms with Crippen LogP contribution in [0.2, 0.25) is 0 Å². The molecule has 0 aromatic heterocycles. The Balaban J connectivity index is 2.06. The fourth-order valence-corrected chi connectivity index (χ4v) is 1.90. The van der Waals surface area contributed by atoms with Crippen molar-refractivity contribution in [3.8, 4) is 0 Å². The first-order chi connectivity index (χ1) is 3.79. The Labute approximate surface area is 50.0 Å². The highest BCUT2D eigenvalue weighted by Crippen LogP contribution is 2.43. The maximum absolute atomic E-state index is 5.56. The van der Waals surface area contributed by atoms with Gasteiger partial charge in [0.1, 0.15) is 0 Å². The highest BCUT2D eigenvalue weighted by Gasteiger charge is 2.44. The molecule has 0 aromatic rings. The lowest BCUT2D eigenvalue weighted by atomic mass is 9.78. The molecule has 2 bridgehead atoms. The lowest BCUT2D eigenvalue weighted by Gasteiger charge is -2.50. The second-order valence-electron chi connectivity index (χ2n) is 3.29. The van der Waals surface area contributed by atoms with Gasteiger partial charge in [-0.15, -0.1) is 0 Å². The second-order valence-corrected chi connectivity index (χ2v) is 3.29. The van der Waals surface area contributed by atoms with Crippen molar-refractivity contribution in [2.45, 2.75) is 44.3 Å². The minimum Gasteiger partial charge on any atom is -0.372 e. The molecule has 1 heteroatoms. The van der Waals surface area contributed by atoms with E-state index in [2.05, 4.69) is 6.92 Å². The van der Waals surface area contributed by atoms with Gasteiger partial charge in [-0.2, -0.15) is 0 Å². The first-order valence-corrected chi connectivity index (χ1v) is 3.46. The topological polar surface area (TPSA) is 9.23 Å². The molecule has 0 aromatic carbocycles. The molecule has 46 valence electrons. The molecule has 2 saturated heterocycles. The smallest absolute Gasteiger partial charge is 0.0683 e. The average Bonchev–Trinajstić information content (AvgIpc) is 1.63. The van der Waals surface area contributed by atoms with Gasteiger partial charge in [-0.1, -0.05) is 0 Å². The normalized spacial score (nSPS) is 52.9. The van der Waals surface area contributed by atoms with Crippen LogP contribution in [0, 0.1) is 0 Å². The van der Waals surface area contributed by atoms with Crippen molar-refractivity contribution in [1.29, 1.82) is 0 Å². The molecule has 0 amide bonds. The molecule has 0 spiro atoms. The van der Waals surface area contributed by atoms with E-state index in [0.717, 1.165) is 0 Å². The van der Waals surface area contributed by atoms with Crippen LogP contribution in [0.1, 0.15) is 32.6 Å². The van der Waals surface area contributed by atoms with Crippen LogP contribution in [0.25, 0.3) is 0 Å². The summed E-state index contributed by atoms with van der Waals surface area (Å²) in [5.41, 5.74) is 0.322. The van der Waals surface area contributed by atoms with Crippen LogP contribution in [0.5, 0.6) is 0 Å².